The number of H-pyrrole nitrogens is 1. The van der Waals surface area contributed by atoms with Gasteiger partial charge in [-0.2, -0.15) is 0 Å². The van der Waals surface area contributed by atoms with E-state index < -0.39 is 0 Å². The van der Waals surface area contributed by atoms with Crippen molar-refractivity contribution in [3.05, 3.63) is 69.2 Å². The zero-order valence-corrected chi connectivity index (χ0v) is 12.1. The van der Waals surface area contributed by atoms with E-state index in [1.54, 1.807) is 18.2 Å². The topological polar surface area (TPSA) is 55.0 Å². The number of aryl methyl sites for hydroxylation is 1. The fourth-order valence-corrected chi connectivity index (χ4v) is 2.26. The molecule has 0 fully saturated rings. The van der Waals surface area contributed by atoms with Gasteiger partial charge in [0.25, 0.3) is 5.56 Å². The lowest BCUT2D eigenvalue weighted by atomic mass is 10.2. The van der Waals surface area contributed by atoms with E-state index in [0.29, 0.717) is 21.7 Å². The summed E-state index contributed by atoms with van der Waals surface area (Å²) in [6.45, 7) is 2.20. The van der Waals surface area contributed by atoms with Crippen LogP contribution < -0.4 is 10.3 Å². The SMILES string of the molecule is Cc1cccc(OCc2nc3ccc(Cl)cc3c(=O)[nH]2)c1. The largest absolute Gasteiger partial charge is 0.486 e. The molecule has 0 radical (unpaired) electrons. The highest BCUT2D eigenvalue weighted by Crippen LogP contribution is 2.16. The van der Waals surface area contributed by atoms with E-state index in [1.165, 1.54) is 0 Å². The molecule has 3 aromatic rings. The average molecular weight is 301 g/mol. The Balaban J connectivity index is 1.88. The molecule has 1 N–H and O–H groups in total. The zero-order chi connectivity index (χ0) is 14.8. The standard InChI is InChI=1S/C16H13ClN2O2/c1-10-3-2-4-12(7-10)21-9-15-18-14-6-5-11(17)8-13(14)16(20)19-15/h2-8H,9H2,1H3,(H,18,19,20). The molecule has 0 bridgehead atoms. The van der Waals surface area contributed by atoms with Crippen LogP contribution in [-0.2, 0) is 6.61 Å². The van der Waals surface area contributed by atoms with Gasteiger partial charge in [0.15, 0.2) is 0 Å². The summed E-state index contributed by atoms with van der Waals surface area (Å²) in [5.41, 5.74) is 1.50. The van der Waals surface area contributed by atoms with Crippen LogP contribution in [0.15, 0.2) is 47.3 Å². The first-order valence-electron chi connectivity index (χ1n) is 6.50. The fourth-order valence-electron chi connectivity index (χ4n) is 2.08. The third-order valence-corrected chi connectivity index (χ3v) is 3.32. The smallest absolute Gasteiger partial charge is 0.258 e. The van der Waals surface area contributed by atoms with E-state index in [1.807, 2.05) is 31.2 Å². The van der Waals surface area contributed by atoms with Crippen molar-refractivity contribution in [3.63, 3.8) is 0 Å². The van der Waals surface area contributed by atoms with Gasteiger partial charge in [-0.05, 0) is 42.8 Å². The van der Waals surface area contributed by atoms with Crippen LogP contribution in [0.1, 0.15) is 11.4 Å². The summed E-state index contributed by atoms with van der Waals surface area (Å²) in [4.78, 5) is 19.1. The molecule has 2 aromatic carbocycles. The number of halogens is 1. The first-order valence-corrected chi connectivity index (χ1v) is 6.87. The normalized spacial score (nSPS) is 10.8. The predicted octanol–water partition coefficient (Wildman–Crippen LogP) is 3.46. The van der Waals surface area contributed by atoms with Crippen LogP contribution in [0.5, 0.6) is 5.75 Å². The van der Waals surface area contributed by atoms with Crippen molar-refractivity contribution in [1.29, 1.82) is 0 Å². The van der Waals surface area contributed by atoms with E-state index in [4.69, 9.17) is 16.3 Å². The summed E-state index contributed by atoms with van der Waals surface area (Å²) in [5.74, 6) is 1.23. The molecule has 0 saturated heterocycles. The number of hydrogen-bond donors (Lipinski definition) is 1. The van der Waals surface area contributed by atoms with Gasteiger partial charge in [-0.15, -0.1) is 0 Å². The van der Waals surface area contributed by atoms with Crippen molar-refractivity contribution in [2.24, 2.45) is 0 Å². The Morgan fingerprint density at radius 3 is 2.90 bits per heavy atom. The second-order valence-corrected chi connectivity index (χ2v) is 5.22. The lowest BCUT2D eigenvalue weighted by Crippen LogP contribution is -2.13. The van der Waals surface area contributed by atoms with Crippen LogP contribution in [0.25, 0.3) is 10.9 Å². The summed E-state index contributed by atoms with van der Waals surface area (Å²) in [7, 11) is 0. The highest BCUT2D eigenvalue weighted by Gasteiger charge is 2.05. The molecule has 0 aliphatic carbocycles. The Labute approximate surface area is 126 Å². The second kappa shape index (κ2) is 5.58. The van der Waals surface area contributed by atoms with Gasteiger partial charge in [0.1, 0.15) is 18.2 Å². The van der Waals surface area contributed by atoms with Gasteiger partial charge in [0.2, 0.25) is 0 Å². The molecule has 0 spiro atoms. The van der Waals surface area contributed by atoms with E-state index in [9.17, 15) is 4.79 Å². The number of hydrogen-bond acceptors (Lipinski definition) is 3. The van der Waals surface area contributed by atoms with Gasteiger partial charge in [-0.25, -0.2) is 4.98 Å². The first kappa shape index (κ1) is 13.6. The lowest BCUT2D eigenvalue weighted by Gasteiger charge is -2.07. The van der Waals surface area contributed by atoms with Gasteiger partial charge in [-0.3, -0.25) is 4.79 Å². The Hall–Kier alpha value is -2.33. The molecule has 0 atom stereocenters. The molecule has 3 rings (SSSR count). The van der Waals surface area contributed by atoms with Crippen LogP contribution in [0.4, 0.5) is 0 Å². The number of ether oxygens (including phenoxy) is 1. The van der Waals surface area contributed by atoms with Crippen LogP contribution in [0.3, 0.4) is 0 Å². The zero-order valence-electron chi connectivity index (χ0n) is 11.4. The third-order valence-electron chi connectivity index (χ3n) is 3.08. The molecule has 1 aromatic heterocycles. The number of aromatic amines is 1. The summed E-state index contributed by atoms with van der Waals surface area (Å²) >= 11 is 5.88. The Morgan fingerprint density at radius 1 is 1.24 bits per heavy atom. The maximum absolute atomic E-state index is 12.0. The van der Waals surface area contributed by atoms with Crippen molar-refractivity contribution in [3.8, 4) is 5.75 Å². The molecule has 4 nitrogen and oxygen atoms in total. The van der Waals surface area contributed by atoms with E-state index >= 15 is 0 Å². The number of aromatic nitrogens is 2. The average Bonchev–Trinajstić information content (AvgIpc) is 2.46. The number of benzene rings is 2. The molecule has 0 aliphatic rings. The lowest BCUT2D eigenvalue weighted by molar-refractivity contribution is 0.296. The van der Waals surface area contributed by atoms with Gasteiger partial charge < -0.3 is 9.72 Å². The molecule has 106 valence electrons. The molecule has 0 amide bonds. The van der Waals surface area contributed by atoms with Crippen LogP contribution in [-0.4, -0.2) is 9.97 Å². The molecule has 0 unspecified atom stereocenters. The Bertz CT molecular complexity index is 858. The molecule has 21 heavy (non-hydrogen) atoms. The maximum atomic E-state index is 12.0. The molecule has 0 aliphatic heterocycles. The Morgan fingerprint density at radius 2 is 2.10 bits per heavy atom. The van der Waals surface area contributed by atoms with Crippen LogP contribution in [0, 0.1) is 6.92 Å². The van der Waals surface area contributed by atoms with Crippen molar-refractivity contribution >= 4 is 22.5 Å². The van der Waals surface area contributed by atoms with Gasteiger partial charge in [-0.1, -0.05) is 23.7 Å². The van der Waals surface area contributed by atoms with Crippen molar-refractivity contribution < 1.29 is 4.74 Å². The van der Waals surface area contributed by atoms with Crippen LogP contribution >= 0.6 is 11.6 Å². The summed E-state index contributed by atoms with van der Waals surface area (Å²) in [6, 6.07) is 12.7. The fraction of sp³-hybridized carbons (Fsp3) is 0.125. The minimum Gasteiger partial charge on any atom is -0.486 e. The number of nitrogens with one attached hydrogen (secondary N) is 1. The third kappa shape index (κ3) is 3.06. The highest BCUT2D eigenvalue weighted by molar-refractivity contribution is 6.31. The van der Waals surface area contributed by atoms with Crippen molar-refractivity contribution in [2.75, 3.05) is 0 Å². The van der Waals surface area contributed by atoms with Crippen LogP contribution in [0.2, 0.25) is 5.02 Å². The minimum absolute atomic E-state index is 0.206. The van der Waals surface area contributed by atoms with Crippen molar-refractivity contribution in [1.82, 2.24) is 9.97 Å². The molecule has 1 heterocycles. The monoisotopic (exact) mass is 300 g/mol. The van der Waals surface area contributed by atoms with Gasteiger partial charge >= 0.3 is 0 Å². The number of rotatable bonds is 3. The van der Waals surface area contributed by atoms with Gasteiger partial charge in [0.05, 0.1) is 10.9 Å². The molecular weight excluding hydrogens is 288 g/mol. The molecular formula is C16H13ClN2O2. The summed E-state index contributed by atoms with van der Waals surface area (Å²) in [5, 5.41) is 0.986. The van der Waals surface area contributed by atoms with E-state index in [-0.39, 0.29) is 12.2 Å². The predicted molar refractivity (Wildman–Crippen MR) is 82.9 cm³/mol. The molecule has 5 heteroatoms. The highest BCUT2D eigenvalue weighted by atomic mass is 35.5. The van der Waals surface area contributed by atoms with Gasteiger partial charge in [0, 0.05) is 5.02 Å². The summed E-state index contributed by atoms with van der Waals surface area (Å²) in [6.07, 6.45) is 0. The second-order valence-electron chi connectivity index (χ2n) is 4.78. The molecule has 0 saturated carbocycles. The minimum atomic E-state index is -0.217. The van der Waals surface area contributed by atoms with Crippen molar-refractivity contribution in [2.45, 2.75) is 13.5 Å². The van der Waals surface area contributed by atoms with E-state index in [2.05, 4.69) is 9.97 Å². The first-order chi connectivity index (χ1) is 10.1. The maximum Gasteiger partial charge on any atom is 0.258 e. The quantitative estimate of drug-likeness (QED) is 0.806. The Kier molecular flexibility index (Phi) is 3.62. The summed E-state index contributed by atoms with van der Waals surface area (Å²) < 4.78 is 5.64. The number of nitrogens with zero attached hydrogens (tertiary/aromatic N) is 1. The number of fused-ring (bicyclic) bond motifs is 1. The van der Waals surface area contributed by atoms with E-state index in [0.717, 1.165) is 11.3 Å².